The molecule has 0 unspecified atom stereocenters. The number of hydrogen-bond acceptors (Lipinski definition) is 5. The van der Waals surface area contributed by atoms with Gasteiger partial charge in [0.25, 0.3) is 5.89 Å². The largest absolute Gasteiger partial charge is 0.474 e. The molecule has 2 heterocycles. The van der Waals surface area contributed by atoms with Crippen LogP contribution in [0, 0.1) is 0 Å². The van der Waals surface area contributed by atoms with Crippen LogP contribution < -0.4 is 4.74 Å². The third-order valence-corrected chi connectivity index (χ3v) is 3.56. The van der Waals surface area contributed by atoms with E-state index >= 15 is 0 Å². The van der Waals surface area contributed by atoms with Crippen LogP contribution in [0.25, 0.3) is 22.8 Å². The first-order chi connectivity index (χ1) is 18.8. The lowest BCUT2D eigenvalue weighted by Gasteiger charge is -2.09. The van der Waals surface area contributed by atoms with Crippen molar-refractivity contribution in [3.63, 3.8) is 0 Å². The summed E-state index contributed by atoms with van der Waals surface area (Å²) in [5.74, 6) is -2.42. The van der Waals surface area contributed by atoms with Crippen LogP contribution in [0.5, 0.6) is 5.88 Å². The second-order valence-electron chi connectivity index (χ2n) is 4.26. The molecule has 3 rings (SSSR count). The SMILES string of the molecule is [2H]c1nc(OC([2H])(C([2H])([2H])[2H])C([2H])([2H])[2H])c(Cl)c([2H])c1-c1nc(-c2c([2H])c([2H])c([2H])c(Br)c2C([2H])([2H])C([2H])([2H])[2H])no1. The van der Waals surface area contributed by atoms with Crippen molar-refractivity contribution in [3.05, 3.63) is 45.4 Å². The van der Waals surface area contributed by atoms with Crippen molar-refractivity contribution in [1.29, 1.82) is 0 Å². The molecule has 0 atom stereocenters. The fourth-order valence-electron chi connectivity index (χ4n) is 1.71. The molecule has 0 amide bonds. The van der Waals surface area contributed by atoms with Gasteiger partial charge in [-0.2, -0.15) is 4.98 Å². The minimum atomic E-state index is -3.59. The zero-order valence-electron chi connectivity index (χ0n) is 28.9. The number of pyridine rings is 1. The monoisotopic (exact) mass is 438 g/mol. The van der Waals surface area contributed by atoms with E-state index in [1.54, 1.807) is 0 Å². The van der Waals surface area contributed by atoms with Gasteiger partial charge in [0.05, 0.1) is 19.9 Å². The standard InChI is InChI=1S/C18H17BrClN3O2/c1-4-12-13(6-5-7-14(12)19)16-22-17(25-23-16)11-8-15(20)18(21-9-11)24-10(2)3/h5-10H,4H2,1-3H3/i1D3,2D3,3D3,4D2,5D,6D,7D,8D,9D,10D. The van der Waals surface area contributed by atoms with Crippen LogP contribution in [0.4, 0.5) is 0 Å². The van der Waals surface area contributed by atoms with Gasteiger partial charge >= 0.3 is 0 Å². The number of rotatable bonds is 5. The van der Waals surface area contributed by atoms with Crippen LogP contribution in [-0.2, 0) is 6.37 Å². The van der Waals surface area contributed by atoms with Gasteiger partial charge in [0.1, 0.15) is 5.02 Å². The maximum absolute atomic E-state index is 8.33. The molecule has 5 nitrogen and oxygen atoms in total. The van der Waals surface area contributed by atoms with Gasteiger partial charge in [0.2, 0.25) is 11.7 Å². The molecule has 130 valence electrons. The van der Waals surface area contributed by atoms with Crippen LogP contribution in [0.1, 0.15) is 49.4 Å². The van der Waals surface area contributed by atoms with E-state index in [1.165, 1.54) is 0 Å². The van der Waals surface area contributed by atoms with E-state index in [2.05, 4.69) is 31.1 Å². The highest BCUT2D eigenvalue weighted by molar-refractivity contribution is 9.10. The Morgan fingerprint density at radius 3 is 3.20 bits per heavy atom. The quantitative estimate of drug-likeness (QED) is 0.520. The lowest BCUT2D eigenvalue weighted by Crippen LogP contribution is -2.07. The van der Waals surface area contributed by atoms with Crippen molar-refractivity contribution in [2.24, 2.45) is 0 Å². The number of nitrogens with zero attached hydrogens (tertiary/aromatic N) is 3. The predicted octanol–water partition coefficient (Wildman–Crippen LogP) is 5.56. The van der Waals surface area contributed by atoms with Gasteiger partial charge in [-0.1, -0.05) is 51.6 Å². The molecule has 0 bridgehead atoms. The molecule has 3 aromatic rings. The highest BCUT2D eigenvalue weighted by Gasteiger charge is 2.16. The Morgan fingerprint density at radius 1 is 1.52 bits per heavy atom. The van der Waals surface area contributed by atoms with Crippen LogP contribution in [0.2, 0.25) is 5.02 Å². The Labute approximate surface area is 183 Å². The summed E-state index contributed by atoms with van der Waals surface area (Å²) in [6.07, 6.45) is -7.75. The summed E-state index contributed by atoms with van der Waals surface area (Å²) >= 11 is 9.00. The Morgan fingerprint density at radius 2 is 2.40 bits per heavy atom. The predicted molar refractivity (Wildman–Crippen MR) is 101 cm³/mol. The van der Waals surface area contributed by atoms with E-state index in [0.29, 0.717) is 0 Å². The van der Waals surface area contributed by atoms with Gasteiger partial charge in [0.15, 0.2) is 0 Å². The summed E-state index contributed by atoms with van der Waals surface area (Å²) in [6.45, 7) is -10.4. The average Bonchev–Trinajstić information content (AvgIpc) is 3.29. The number of halogens is 2. The summed E-state index contributed by atoms with van der Waals surface area (Å²) in [7, 11) is 0. The average molecular weight is 440 g/mol. The molecule has 0 saturated carbocycles. The topological polar surface area (TPSA) is 61.0 Å². The van der Waals surface area contributed by atoms with Gasteiger partial charge in [-0.05, 0) is 37.7 Å². The summed E-state index contributed by atoms with van der Waals surface area (Å²) in [6, 6.07) is -3.14. The zero-order chi connectivity index (χ0) is 32.5. The van der Waals surface area contributed by atoms with E-state index in [4.69, 9.17) is 44.2 Å². The van der Waals surface area contributed by atoms with Crippen LogP contribution >= 0.6 is 27.5 Å². The highest BCUT2D eigenvalue weighted by Crippen LogP contribution is 2.31. The maximum atomic E-state index is 8.33. The Kier molecular flexibility index (Phi) is 1.92. The zero-order valence-corrected chi connectivity index (χ0v) is 14.3. The first kappa shape index (κ1) is 6.35. The summed E-state index contributed by atoms with van der Waals surface area (Å²) in [5.41, 5.74) is -2.04. The molecule has 0 aliphatic heterocycles. The summed E-state index contributed by atoms with van der Waals surface area (Å²) in [5, 5.41) is 2.73. The fourth-order valence-corrected chi connectivity index (χ4v) is 2.28. The molecule has 7 heteroatoms. The van der Waals surface area contributed by atoms with Crippen molar-refractivity contribution in [3.8, 4) is 28.7 Å². The highest BCUT2D eigenvalue weighted by atomic mass is 79.9. The first-order valence-corrected chi connectivity index (χ1v) is 7.46. The van der Waals surface area contributed by atoms with E-state index in [-0.39, 0.29) is 0 Å². The molecule has 0 aliphatic rings. The molecule has 25 heavy (non-hydrogen) atoms. The second kappa shape index (κ2) is 7.54. The van der Waals surface area contributed by atoms with Crippen molar-refractivity contribution >= 4 is 27.5 Å². The maximum Gasteiger partial charge on any atom is 0.259 e. The molecule has 0 N–H and O–H groups in total. The Hall–Kier alpha value is -1.92. The molecule has 0 fully saturated rings. The second-order valence-corrected chi connectivity index (χ2v) is 5.43. The van der Waals surface area contributed by atoms with Gasteiger partial charge in [-0.15, -0.1) is 0 Å². The van der Waals surface area contributed by atoms with Crippen LogP contribution in [0.15, 0.2) is 39.3 Å². The molecule has 2 aromatic heterocycles. The van der Waals surface area contributed by atoms with Crippen molar-refractivity contribution in [2.45, 2.75) is 33.0 Å². The van der Waals surface area contributed by atoms with Crippen LogP contribution in [0.3, 0.4) is 0 Å². The molecule has 0 radical (unpaired) electrons. The molecule has 0 saturated heterocycles. The number of aromatic nitrogens is 3. The minimum Gasteiger partial charge on any atom is -0.474 e. The lowest BCUT2D eigenvalue weighted by molar-refractivity contribution is 0.233. The normalized spacial score (nSPS) is 23.5. The van der Waals surface area contributed by atoms with E-state index in [9.17, 15) is 0 Å². The third-order valence-electron chi connectivity index (χ3n) is 2.71. The lowest BCUT2D eigenvalue weighted by atomic mass is 10.1. The molecular formula is C18H17BrClN3O2. The van der Waals surface area contributed by atoms with Gasteiger partial charge in [-0.25, -0.2) is 4.98 Å². The van der Waals surface area contributed by atoms with Crippen molar-refractivity contribution in [2.75, 3.05) is 0 Å². The molecule has 1 aromatic carbocycles. The van der Waals surface area contributed by atoms with E-state index < -0.39 is 107 Å². The molecule has 0 aliphatic carbocycles. The minimum absolute atomic E-state index is 0.470. The number of ether oxygens (including phenoxy) is 1. The fraction of sp³-hybridized carbons (Fsp3) is 0.278. The summed E-state index contributed by atoms with van der Waals surface area (Å²) in [4.78, 5) is 7.48. The smallest absolute Gasteiger partial charge is 0.259 e. The Bertz CT molecular complexity index is 1540. The third kappa shape index (κ3) is 3.85. The molecule has 0 spiro atoms. The van der Waals surface area contributed by atoms with E-state index in [1.807, 2.05) is 0 Å². The van der Waals surface area contributed by atoms with E-state index in [0.717, 1.165) is 0 Å². The van der Waals surface area contributed by atoms with Crippen molar-refractivity contribution < 1.29 is 32.6 Å². The van der Waals surface area contributed by atoms with Gasteiger partial charge in [-0.3, -0.25) is 0 Å². The first-order valence-electron chi connectivity index (χ1n) is 14.8. The summed E-state index contributed by atoms with van der Waals surface area (Å²) < 4.78 is 142. The molecular weight excluding hydrogens is 406 g/mol. The van der Waals surface area contributed by atoms with Gasteiger partial charge < -0.3 is 9.26 Å². The van der Waals surface area contributed by atoms with Gasteiger partial charge in [0, 0.05) is 31.3 Å². The number of hydrogen-bond donors (Lipinski definition) is 0. The van der Waals surface area contributed by atoms with Crippen molar-refractivity contribution in [1.82, 2.24) is 15.1 Å². The Balaban J connectivity index is 2.24. The van der Waals surface area contributed by atoms with Crippen LogP contribution in [-0.4, -0.2) is 21.2 Å². The number of benzene rings is 1.